The smallest absolute Gasteiger partial charge is 0.313 e. The van der Waals surface area contributed by atoms with Crippen molar-refractivity contribution in [2.75, 3.05) is 38.3 Å². The van der Waals surface area contributed by atoms with Gasteiger partial charge in [0.25, 0.3) is 0 Å². The van der Waals surface area contributed by atoms with Gasteiger partial charge in [-0.2, -0.15) is 0 Å². The van der Waals surface area contributed by atoms with Crippen molar-refractivity contribution in [1.82, 2.24) is 9.80 Å². The quantitative estimate of drug-likeness (QED) is 0.799. The third-order valence-electron chi connectivity index (χ3n) is 4.78. The molecular weight excluding hydrogens is 382 g/mol. The first kappa shape index (κ1) is 18.6. The van der Waals surface area contributed by atoms with E-state index in [1.54, 1.807) is 29.2 Å². The first-order chi connectivity index (χ1) is 13.6. The predicted octanol–water partition coefficient (Wildman–Crippen LogP) is 2.35. The number of amides is 2. The molecule has 0 aliphatic carbocycles. The summed E-state index contributed by atoms with van der Waals surface area (Å²) in [5.41, 5.74) is 1.63. The van der Waals surface area contributed by atoms with Crippen LogP contribution in [0.5, 0.6) is 11.5 Å². The maximum atomic E-state index is 12.4. The van der Waals surface area contributed by atoms with Crippen LogP contribution in [0.25, 0.3) is 0 Å². The molecule has 2 amide bonds. The number of carbonyl (C=O) groups excluding carboxylic acids is 2. The molecule has 1 saturated heterocycles. The van der Waals surface area contributed by atoms with Crippen LogP contribution in [-0.4, -0.2) is 54.6 Å². The summed E-state index contributed by atoms with van der Waals surface area (Å²) in [5.74, 6) is 0.364. The van der Waals surface area contributed by atoms with E-state index < -0.39 is 11.8 Å². The van der Waals surface area contributed by atoms with Gasteiger partial charge in [0.2, 0.25) is 6.79 Å². The van der Waals surface area contributed by atoms with Crippen molar-refractivity contribution in [2.24, 2.45) is 0 Å². The Hall–Kier alpha value is -2.77. The topological polar surface area (TPSA) is 71.1 Å². The van der Waals surface area contributed by atoms with E-state index >= 15 is 0 Å². The van der Waals surface area contributed by atoms with Gasteiger partial charge in [-0.05, 0) is 35.9 Å². The van der Waals surface area contributed by atoms with E-state index in [0.717, 1.165) is 23.6 Å². The zero-order chi connectivity index (χ0) is 19.5. The van der Waals surface area contributed by atoms with E-state index in [4.69, 9.17) is 21.1 Å². The fourth-order valence-corrected chi connectivity index (χ4v) is 3.49. The van der Waals surface area contributed by atoms with Crippen LogP contribution < -0.4 is 14.8 Å². The van der Waals surface area contributed by atoms with E-state index in [0.29, 0.717) is 36.9 Å². The Morgan fingerprint density at radius 2 is 1.79 bits per heavy atom. The molecule has 2 aromatic rings. The highest BCUT2D eigenvalue weighted by Gasteiger charge is 2.26. The van der Waals surface area contributed by atoms with Gasteiger partial charge in [0.15, 0.2) is 11.5 Å². The Balaban J connectivity index is 1.28. The number of hydrogen-bond acceptors (Lipinski definition) is 5. The molecular formula is C20H20ClN3O4. The average Bonchev–Trinajstić information content (AvgIpc) is 3.16. The molecule has 0 unspecified atom stereocenters. The monoisotopic (exact) mass is 401 g/mol. The highest BCUT2D eigenvalue weighted by molar-refractivity contribution is 6.39. The van der Waals surface area contributed by atoms with Crippen molar-refractivity contribution in [3.63, 3.8) is 0 Å². The number of nitrogens with zero attached hydrogens (tertiary/aromatic N) is 2. The van der Waals surface area contributed by atoms with Crippen LogP contribution in [0.3, 0.4) is 0 Å². The third-order valence-corrected chi connectivity index (χ3v) is 5.01. The summed E-state index contributed by atoms with van der Waals surface area (Å²) in [5, 5.41) is 3.10. The molecule has 1 N–H and O–H groups in total. The lowest BCUT2D eigenvalue weighted by atomic mass is 10.1. The Bertz CT molecular complexity index is 897. The molecule has 2 aliphatic heterocycles. The molecule has 0 spiro atoms. The normalized spacial score (nSPS) is 16.1. The van der Waals surface area contributed by atoms with Crippen molar-refractivity contribution >= 4 is 29.1 Å². The standard InChI is InChI=1S/C20H20ClN3O4/c21-15-2-1-3-16(11-15)22-19(25)20(26)24-8-6-23(7-9-24)12-14-4-5-17-18(10-14)28-13-27-17/h1-5,10-11H,6-9,12-13H2,(H,22,25). The number of halogens is 1. The van der Waals surface area contributed by atoms with Gasteiger partial charge >= 0.3 is 11.8 Å². The summed E-state index contributed by atoms with van der Waals surface area (Å²) in [6, 6.07) is 12.6. The molecule has 2 aromatic carbocycles. The Morgan fingerprint density at radius 1 is 1.00 bits per heavy atom. The summed E-state index contributed by atoms with van der Waals surface area (Å²) in [6.45, 7) is 3.43. The van der Waals surface area contributed by atoms with Gasteiger partial charge < -0.3 is 19.7 Å². The van der Waals surface area contributed by atoms with Gasteiger partial charge in [-0.1, -0.05) is 23.7 Å². The van der Waals surface area contributed by atoms with Crippen molar-refractivity contribution in [1.29, 1.82) is 0 Å². The number of rotatable bonds is 3. The minimum atomic E-state index is -0.647. The Kier molecular flexibility index (Phi) is 5.36. The molecule has 0 bridgehead atoms. The molecule has 4 rings (SSSR count). The Labute approximate surface area is 167 Å². The van der Waals surface area contributed by atoms with E-state index in [-0.39, 0.29) is 6.79 Å². The number of anilines is 1. The van der Waals surface area contributed by atoms with E-state index in [9.17, 15) is 9.59 Å². The summed E-state index contributed by atoms with van der Waals surface area (Å²) in [4.78, 5) is 28.5. The fourth-order valence-electron chi connectivity index (χ4n) is 3.30. The molecule has 2 heterocycles. The van der Waals surface area contributed by atoms with Gasteiger partial charge in [0.1, 0.15) is 0 Å². The van der Waals surface area contributed by atoms with E-state index in [2.05, 4.69) is 10.2 Å². The molecule has 0 radical (unpaired) electrons. The summed E-state index contributed by atoms with van der Waals surface area (Å²) < 4.78 is 10.7. The maximum Gasteiger partial charge on any atom is 0.313 e. The minimum Gasteiger partial charge on any atom is -0.454 e. The van der Waals surface area contributed by atoms with Crippen molar-refractivity contribution in [3.05, 3.63) is 53.1 Å². The van der Waals surface area contributed by atoms with Crippen LogP contribution >= 0.6 is 11.6 Å². The summed E-state index contributed by atoms with van der Waals surface area (Å²) in [6.07, 6.45) is 0. The minimum absolute atomic E-state index is 0.261. The van der Waals surface area contributed by atoms with Crippen LogP contribution in [0, 0.1) is 0 Å². The first-order valence-corrected chi connectivity index (χ1v) is 9.43. The lowest BCUT2D eigenvalue weighted by molar-refractivity contribution is -0.144. The second kappa shape index (κ2) is 8.08. The van der Waals surface area contributed by atoms with Crippen molar-refractivity contribution < 1.29 is 19.1 Å². The number of piperazine rings is 1. The number of ether oxygens (including phenoxy) is 2. The number of carbonyl (C=O) groups is 2. The lowest BCUT2D eigenvalue weighted by Crippen LogP contribution is -2.51. The molecule has 28 heavy (non-hydrogen) atoms. The number of benzene rings is 2. The zero-order valence-corrected chi connectivity index (χ0v) is 15.9. The molecule has 146 valence electrons. The zero-order valence-electron chi connectivity index (χ0n) is 15.2. The molecule has 0 saturated carbocycles. The average molecular weight is 402 g/mol. The molecule has 0 aromatic heterocycles. The summed E-state index contributed by atoms with van der Waals surface area (Å²) >= 11 is 5.90. The van der Waals surface area contributed by atoms with Crippen LogP contribution in [0.4, 0.5) is 5.69 Å². The van der Waals surface area contributed by atoms with Crippen LogP contribution in [-0.2, 0) is 16.1 Å². The van der Waals surface area contributed by atoms with Gasteiger partial charge in [-0.3, -0.25) is 14.5 Å². The third kappa shape index (κ3) is 4.21. The van der Waals surface area contributed by atoms with Gasteiger partial charge in [0, 0.05) is 43.4 Å². The number of fused-ring (bicyclic) bond motifs is 1. The van der Waals surface area contributed by atoms with Gasteiger partial charge in [-0.25, -0.2) is 0 Å². The predicted molar refractivity (Wildman–Crippen MR) is 105 cm³/mol. The van der Waals surface area contributed by atoms with Crippen LogP contribution in [0.2, 0.25) is 5.02 Å². The first-order valence-electron chi connectivity index (χ1n) is 9.05. The molecule has 0 atom stereocenters. The van der Waals surface area contributed by atoms with Crippen LogP contribution in [0.15, 0.2) is 42.5 Å². The summed E-state index contributed by atoms with van der Waals surface area (Å²) in [7, 11) is 0. The van der Waals surface area contributed by atoms with Gasteiger partial charge in [-0.15, -0.1) is 0 Å². The second-order valence-electron chi connectivity index (χ2n) is 6.72. The second-order valence-corrected chi connectivity index (χ2v) is 7.16. The van der Waals surface area contributed by atoms with Crippen molar-refractivity contribution in [3.8, 4) is 11.5 Å². The van der Waals surface area contributed by atoms with Crippen LogP contribution in [0.1, 0.15) is 5.56 Å². The molecule has 2 aliphatic rings. The Morgan fingerprint density at radius 3 is 2.57 bits per heavy atom. The van der Waals surface area contributed by atoms with E-state index in [1.165, 1.54) is 0 Å². The maximum absolute atomic E-state index is 12.4. The van der Waals surface area contributed by atoms with E-state index in [1.807, 2.05) is 18.2 Å². The highest BCUT2D eigenvalue weighted by atomic mass is 35.5. The number of nitrogens with one attached hydrogen (secondary N) is 1. The SMILES string of the molecule is O=C(Nc1cccc(Cl)c1)C(=O)N1CCN(Cc2ccc3c(c2)OCO3)CC1. The van der Waals surface area contributed by atoms with Gasteiger partial charge in [0.05, 0.1) is 0 Å². The molecule has 1 fully saturated rings. The fraction of sp³-hybridized carbons (Fsp3) is 0.300. The highest BCUT2D eigenvalue weighted by Crippen LogP contribution is 2.32. The molecule has 8 heteroatoms. The lowest BCUT2D eigenvalue weighted by Gasteiger charge is -2.34. The number of hydrogen-bond donors (Lipinski definition) is 1. The molecule has 7 nitrogen and oxygen atoms in total. The van der Waals surface area contributed by atoms with Crippen molar-refractivity contribution in [2.45, 2.75) is 6.54 Å². The largest absolute Gasteiger partial charge is 0.454 e.